The molecule has 1 atom stereocenters. The van der Waals surface area contributed by atoms with Crippen LogP contribution in [0.25, 0.3) is 4.85 Å². The quantitative estimate of drug-likeness (QED) is 0.547. The summed E-state index contributed by atoms with van der Waals surface area (Å²) in [6.07, 6.45) is 2.02. The van der Waals surface area contributed by atoms with E-state index in [1.54, 1.807) is 0 Å². The summed E-state index contributed by atoms with van der Waals surface area (Å²) >= 11 is 0. The Morgan fingerprint density at radius 2 is 2.30 bits per heavy atom. The molecule has 0 rings (SSSR count). The first kappa shape index (κ1) is 8.98. The topological polar surface area (TPSA) is 28.1 Å². The number of hydrogen-bond donors (Lipinski definition) is 0. The van der Waals surface area contributed by atoms with Gasteiger partial charge >= 0.3 is 0 Å². The minimum absolute atomic E-state index is 0.296. The summed E-state index contributed by atoms with van der Waals surface area (Å²) in [5.41, 5.74) is -0.296. The largest absolute Gasteiger partial charge is 0.311 e. The summed E-state index contributed by atoms with van der Waals surface area (Å²) in [6.45, 7) is 10.7. The molecule has 0 amide bonds. The molecule has 0 aromatic carbocycles. The second kappa shape index (κ2) is 3.90. The van der Waals surface area contributed by atoms with Crippen molar-refractivity contribution in [2.45, 2.75) is 38.6 Å². The molecule has 0 saturated carbocycles. The fourth-order valence-corrected chi connectivity index (χ4v) is 0.637. The van der Waals surface area contributed by atoms with Gasteiger partial charge in [-0.05, 0) is 0 Å². The maximum Gasteiger partial charge on any atom is 0.230 e. The first-order valence-corrected chi connectivity index (χ1v) is 3.44. The lowest BCUT2D eigenvalue weighted by atomic mass is 9.94. The van der Waals surface area contributed by atoms with Crippen molar-refractivity contribution in [1.29, 1.82) is 5.26 Å². The first-order valence-electron chi connectivity index (χ1n) is 3.44. The highest BCUT2D eigenvalue weighted by atomic mass is 14.8. The number of nitriles is 1. The molecule has 0 aliphatic rings. The van der Waals surface area contributed by atoms with Crippen LogP contribution >= 0.6 is 0 Å². The molecule has 10 heavy (non-hydrogen) atoms. The number of hydrogen-bond acceptors (Lipinski definition) is 1. The summed E-state index contributed by atoms with van der Waals surface area (Å²) in [7, 11) is 0. The van der Waals surface area contributed by atoms with Crippen LogP contribution in [-0.2, 0) is 0 Å². The van der Waals surface area contributed by atoms with Gasteiger partial charge in [0.1, 0.15) is 0 Å². The van der Waals surface area contributed by atoms with Crippen LogP contribution in [0.4, 0.5) is 0 Å². The highest BCUT2D eigenvalue weighted by molar-refractivity contribution is 4.94. The Morgan fingerprint density at radius 3 is 2.60 bits per heavy atom. The summed E-state index contributed by atoms with van der Waals surface area (Å²) in [4.78, 5) is 3.47. The fraction of sp³-hybridized carbons (Fsp3) is 0.750. The molecule has 0 aliphatic heterocycles. The van der Waals surface area contributed by atoms with E-state index in [1.807, 2.05) is 19.9 Å². The van der Waals surface area contributed by atoms with Crippen molar-refractivity contribution in [3.05, 3.63) is 11.4 Å². The van der Waals surface area contributed by atoms with E-state index in [-0.39, 0.29) is 5.54 Å². The van der Waals surface area contributed by atoms with Gasteiger partial charge in [0.2, 0.25) is 5.54 Å². The number of rotatable bonds is 3. The van der Waals surface area contributed by atoms with Gasteiger partial charge in [0.05, 0.1) is 6.07 Å². The van der Waals surface area contributed by atoms with Gasteiger partial charge in [0.25, 0.3) is 0 Å². The molecule has 54 valence electrons. The molecule has 0 bridgehead atoms. The maximum absolute atomic E-state index is 8.27. The third-order valence-corrected chi connectivity index (χ3v) is 1.81. The predicted octanol–water partition coefficient (Wildman–Crippen LogP) is 2.38. The van der Waals surface area contributed by atoms with Crippen molar-refractivity contribution in [2.24, 2.45) is 0 Å². The summed E-state index contributed by atoms with van der Waals surface area (Å²) < 4.78 is 0. The van der Waals surface area contributed by atoms with Crippen LogP contribution in [0.3, 0.4) is 0 Å². The second-order valence-corrected chi connectivity index (χ2v) is 2.62. The van der Waals surface area contributed by atoms with E-state index in [2.05, 4.69) is 4.85 Å². The Kier molecular flexibility index (Phi) is 3.51. The van der Waals surface area contributed by atoms with E-state index in [0.717, 1.165) is 6.42 Å². The molecule has 0 saturated heterocycles. The molecule has 0 aromatic heterocycles. The van der Waals surface area contributed by atoms with E-state index < -0.39 is 0 Å². The van der Waals surface area contributed by atoms with Gasteiger partial charge in [-0.15, -0.1) is 0 Å². The van der Waals surface area contributed by atoms with Crippen molar-refractivity contribution < 1.29 is 0 Å². The molecule has 1 unspecified atom stereocenters. The molecular weight excluding hydrogens is 124 g/mol. The Balaban J connectivity index is 3.87. The lowest BCUT2D eigenvalue weighted by Crippen LogP contribution is -2.17. The van der Waals surface area contributed by atoms with Gasteiger partial charge in [0.15, 0.2) is 0 Å². The van der Waals surface area contributed by atoms with E-state index >= 15 is 0 Å². The Morgan fingerprint density at radius 1 is 1.70 bits per heavy atom. The van der Waals surface area contributed by atoms with E-state index in [1.165, 1.54) is 0 Å². The lowest BCUT2D eigenvalue weighted by molar-refractivity contribution is 0.498. The van der Waals surface area contributed by atoms with Crippen molar-refractivity contribution in [2.75, 3.05) is 0 Å². The van der Waals surface area contributed by atoms with Gasteiger partial charge in [0, 0.05) is 26.2 Å². The molecule has 0 fully saturated rings. The van der Waals surface area contributed by atoms with E-state index in [9.17, 15) is 0 Å². The molecule has 0 spiro atoms. The second-order valence-electron chi connectivity index (χ2n) is 2.62. The highest BCUT2D eigenvalue weighted by Gasteiger charge is 2.26. The smallest absolute Gasteiger partial charge is 0.230 e. The molecule has 0 heterocycles. The summed E-state index contributed by atoms with van der Waals surface area (Å²) in [5, 5.41) is 8.27. The monoisotopic (exact) mass is 136 g/mol. The lowest BCUT2D eigenvalue weighted by Gasteiger charge is -2.11. The standard InChI is InChI=1S/C8H12N2/c1-4-8(2,10-3)6-5-7-9/h4-6H2,1-2H3. The molecule has 2 heteroatoms. The van der Waals surface area contributed by atoms with Crippen molar-refractivity contribution >= 4 is 0 Å². The Labute approximate surface area is 62.3 Å². The van der Waals surface area contributed by atoms with Crippen LogP contribution in [0.5, 0.6) is 0 Å². The molecule has 0 N–H and O–H groups in total. The first-order chi connectivity index (χ1) is 4.68. The fourth-order valence-electron chi connectivity index (χ4n) is 0.637. The molecule has 0 aromatic rings. The third-order valence-electron chi connectivity index (χ3n) is 1.81. The minimum atomic E-state index is -0.296. The maximum atomic E-state index is 8.27. The molecule has 2 nitrogen and oxygen atoms in total. The average Bonchev–Trinajstić information content (AvgIpc) is 2.00. The van der Waals surface area contributed by atoms with Crippen molar-refractivity contribution in [3.8, 4) is 6.07 Å². The Bertz CT molecular complexity index is 173. The van der Waals surface area contributed by atoms with Crippen LogP contribution in [0.1, 0.15) is 33.1 Å². The van der Waals surface area contributed by atoms with E-state index in [4.69, 9.17) is 11.8 Å². The SMILES string of the molecule is [C-]#[N+]C(C)(CC)CCC#N. The zero-order chi connectivity index (χ0) is 8.04. The predicted molar refractivity (Wildman–Crippen MR) is 40.1 cm³/mol. The molecule has 0 aliphatic carbocycles. The number of nitrogens with zero attached hydrogens (tertiary/aromatic N) is 2. The van der Waals surface area contributed by atoms with Gasteiger partial charge in [-0.25, -0.2) is 6.57 Å². The molecule has 0 radical (unpaired) electrons. The zero-order valence-corrected chi connectivity index (χ0v) is 6.52. The van der Waals surface area contributed by atoms with Gasteiger partial charge in [-0.2, -0.15) is 5.26 Å². The normalized spacial score (nSPS) is 14.8. The van der Waals surface area contributed by atoms with Crippen LogP contribution in [0, 0.1) is 17.9 Å². The van der Waals surface area contributed by atoms with Crippen LogP contribution in [0.15, 0.2) is 0 Å². The summed E-state index contributed by atoms with van der Waals surface area (Å²) in [6, 6.07) is 2.05. The van der Waals surface area contributed by atoms with Crippen LogP contribution < -0.4 is 0 Å². The van der Waals surface area contributed by atoms with Gasteiger partial charge < -0.3 is 4.85 Å². The Hall–Kier alpha value is -1.02. The van der Waals surface area contributed by atoms with Gasteiger partial charge in [-0.1, -0.05) is 6.92 Å². The third kappa shape index (κ3) is 2.51. The van der Waals surface area contributed by atoms with Crippen LogP contribution in [0.2, 0.25) is 0 Å². The highest BCUT2D eigenvalue weighted by Crippen LogP contribution is 2.20. The van der Waals surface area contributed by atoms with E-state index in [0.29, 0.717) is 12.8 Å². The van der Waals surface area contributed by atoms with Crippen molar-refractivity contribution in [1.82, 2.24) is 0 Å². The van der Waals surface area contributed by atoms with Crippen LogP contribution in [-0.4, -0.2) is 5.54 Å². The summed E-state index contributed by atoms with van der Waals surface area (Å²) in [5.74, 6) is 0. The average molecular weight is 136 g/mol. The zero-order valence-electron chi connectivity index (χ0n) is 6.52. The van der Waals surface area contributed by atoms with Crippen molar-refractivity contribution in [3.63, 3.8) is 0 Å². The molecular formula is C8H12N2. The van der Waals surface area contributed by atoms with Gasteiger partial charge in [-0.3, -0.25) is 0 Å². The minimum Gasteiger partial charge on any atom is -0.311 e.